The van der Waals surface area contributed by atoms with Crippen LogP contribution in [0.5, 0.6) is 0 Å². The van der Waals surface area contributed by atoms with Crippen molar-refractivity contribution in [3.8, 4) is 0 Å². The van der Waals surface area contributed by atoms with E-state index < -0.39 is 10.0 Å². The summed E-state index contributed by atoms with van der Waals surface area (Å²) in [6, 6.07) is 14.9. The Morgan fingerprint density at radius 2 is 1.89 bits per heavy atom. The molecule has 2 aromatic rings. The third-order valence-electron chi connectivity index (χ3n) is 5.04. The van der Waals surface area contributed by atoms with Gasteiger partial charge in [0.25, 0.3) is 0 Å². The van der Waals surface area contributed by atoms with E-state index in [-0.39, 0.29) is 10.8 Å². The van der Waals surface area contributed by atoms with Crippen molar-refractivity contribution in [2.24, 2.45) is 0 Å². The first kappa shape index (κ1) is 20.4. The molecular weight excluding hydrogens is 374 g/mol. The van der Waals surface area contributed by atoms with Crippen molar-refractivity contribution < 1.29 is 13.2 Å². The molecule has 0 fully saturated rings. The maximum absolute atomic E-state index is 12.7. The molecule has 0 aliphatic carbocycles. The molecule has 0 spiro atoms. The lowest BCUT2D eigenvalue weighted by atomic mass is 10.2. The molecule has 0 aromatic heterocycles. The fourth-order valence-electron chi connectivity index (χ4n) is 3.50. The Kier molecular flexibility index (Phi) is 6.36. The number of likely N-dealkylation sites (N-methyl/N-ethyl adjacent to an activating group) is 1. The summed E-state index contributed by atoms with van der Waals surface area (Å²) in [4.78, 5) is 16.1. The first-order valence-corrected chi connectivity index (χ1v) is 11.2. The van der Waals surface area contributed by atoms with Gasteiger partial charge in [0.1, 0.15) is 0 Å². The molecule has 6 nitrogen and oxygen atoms in total. The van der Waals surface area contributed by atoms with Crippen LogP contribution >= 0.6 is 0 Å². The number of benzene rings is 2. The summed E-state index contributed by atoms with van der Waals surface area (Å²) in [6.45, 7) is 6.20. The van der Waals surface area contributed by atoms with Gasteiger partial charge in [0, 0.05) is 44.0 Å². The molecule has 0 saturated heterocycles. The smallest absolute Gasteiger partial charge is 0.240 e. The minimum atomic E-state index is -3.59. The predicted octanol–water partition coefficient (Wildman–Crippen LogP) is 2.79. The number of hydrogen-bond acceptors (Lipinski definition) is 4. The van der Waals surface area contributed by atoms with Gasteiger partial charge in [-0.3, -0.25) is 4.79 Å². The number of para-hydroxylation sites is 1. The molecule has 0 bridgehead atoms. The van der Waals surface area contributed by atoms with Gasteiger partial charge in [-0.15, -0.1) is 0 Å². The highest BCUT2D eigenvalue weighted by molar-refractivity contribution is 7.89. The first-order chi connectivity index (χ1) is 13.5. The van der Waals surface area contributed by atoms with Crippen molar-refractivity contribution in [1.29, 1.82) is 0 Å². The molecule has 2 aromatic carbocycles. The van der Waals surface area contributed by atoms with E-state index in [1.165, 1.54) is 0 Å². The standard InChI is InChI=1S/C21H27N3O3S/c1-3-21(25)24-14-12-17-16-19(10-11-20(17)24)28(26,27)22-13-15-23(4-2)18-8-6-5-7-9-18/h5-11,16,22H,3-4,12-15H2,1-2H3. The van der Waals surface area contributed by atoms with Crippen molar-refractivity contribution in [3.63, 3.8) is 0 Å². The molecule has 0 unspecified atom stereocenters. The summed E-state index contributed by atoms with van der Waals surface area (Å²) in [5.74, 6) is 0.0630. The van der Waals surface area contributed by atoms with Crippen LogP contribution in [0.25, 0.3) is 0 Å². The number of fused-ring (bicyclic) bond motifs is 1. The lowest BCUT2D eigenvalue weighted by Crippen LogP contribution is -2.35. The van der Waals surface area contributed by atoms with Gasteiger partial charge in [0.2, 0.25) is 15.9 Å². The van der Waals surface area contributed by atoms with E-state index in [0.29, 0.717) is 32.5 Å². The molecule has 1 amide bonds. The number of sulfonamides is 1. The summed E-state index contributed by atoms with van der Waals surface area (Å²) in [6.07, 6.45) is 1.12. The molecule has 28 heavy (non-hydrogen) atoms. The van der Waals surface area contributed by atoms with E-state index in [1.807, 2.05) is 44.2 Å². The number of carbonyl (C=O) groups is 1. The summed E-state index contributed by atoms with van der Waals surface area (Å²) in [7, 11) is -3.59. The Balaban J connectivity index is 1.66. The molecule has 1 aliphatic heterocycles. The average molecular weight is 402 g/mol. The second-order valence-electron chi connectivity index (χ2n) is 6.75. The highest BCUT2D eigenvalue weighted by Gasteiger charge is 2.25. The van der Waals surface area contributed by atoms with Crippen molar-refractivity contribution in [3.05, 3.63) is 54.1 Å². The van der Waals surface area contributed by atoms with E-state index in [9.17, 15) is 13.2 Å². The molecule has 150 valence electrons. The Hall–Kier alpha value is -2.38. The van der Waals surface area contributed by atoms with Gasteiger partial charge in [-0.2, -0.15) is 0 Å². The molecule has 0 atom stereocenters. The number of nitrogens with one attached hydrogen (secondary N) is 1. The van der Waals surface area contributed by atoms with Crippen molar-refractivity contribution in [1.82, 2.24) is 4.72 Å². The van der Waals surface area contributed by atoms with Crippen LogP contribution in [0.1, 0.15) is 25.8 Å². The van der Waals surface area contributed by atoms with Crippen LogP contribution in [0, 0.1) is 0 Å². The number of amides is 1. The fraction of sp³-hybridized carbons (Fsp3) is 0.381. The highest BCUT2D eigenvalue weighted by atomic mass is 32.2. The van der Waals surface area contributed by atoms with E-state index in [4.69, 9.17) is 0 Å². The lowest BCUT2D eigenvalue weighted by molar-refractivity contribution is -0.118. The average Bonchev–Trinajstić information content (AvgIpc) is 3.14. The minimum Gasteiger partial charge on any atom is -0.370 e. The van der Waals surface area contributed by atoms with Gasteiger partial charge in [-0.1, -0.05) is 25.1 Å². The number of rotatable bonds is 8. The van der Waals surface area contributed by atoms with Crippen LogP contribution in [0.4, 0.5) is 11.4 Å². The second kappa shape index (κ2) is 8.75. The zero-order valence-corrected chi connectivity index (χ0v) is 17.2. The number of hydrogen-bond donors (Lipinski definition) is 1. The molecule has 0 saturated carbocycles. The van der Waals surface area contributed by atoms with Crippen molar-refractivity contribution in [2.45, 2.75) is 31.6 Å². The normalized spacial score (nSPS) is 13.4. The third-order valence-corrected chi connectivity index (χ3v) is 6.50. The number of carbonyl (C=O) groups excluding carboxylic acids is 1. The van der Waals surface area contributed by atoms with Crippen LogP contribution in [-0.2, 0) is 21.2 Å². The van der Waals surface area contributed by atoms with Gasteiger partial charge in [0.05, 0.1) is 4.90 Å². The summed E-state index contributed by atoms with van der Waals surface area (Å²) < 4.78 is 28.1. The first-order valence-electron chi connectivity index (χ1n) is 9.69. The summed E-state index contributed by atoms with van der Waals surface area (Å²) >= 11 is 0. The van der Waals surface area contributed by atoms with Crippen LogP contribution < -0.4 is 14.5 Å². The van der Waals surface area contributed by atoms with E-state index >= 15 is 0 Å². The Morgan fingerprint density at radius 3 is 2.57 bits per heavy atom. The van der Waals surface area contributed by atoms with Crippen molar-refractivity contribution in [2.75, 3.05) is 36.0 Å². The molecule has 1 N–H and O–H groups in total. The van der Waals surface area contributed by atoms with E-state index in [0.717, 1.165) is 23.5 Å². The van der Waals surface area contributed by atoms with Gasteiger partial charge < -0.3 is 9.80 Å². The third kappa shape index (κ3) is 4.36. The zero-order chi connectivity index (χ0) is 20.1. The molecule has 1 aliphatic rings. The lowest BCUT2D eigenvalue weighted by Gasteiger charge is -2.23. The summed E-state index contributed by atoms with van der Waals surface area (Å²) in [5, 5.41) is 0. The maximum atomic E-state index is 12.7. The number of anilines is 2. The topological polar surface area (TPSA) is 69.7 Å². The second-order valence-corrected chi connectivity index (χ2v) is 8.52. The highest BCUT2D eigenvalue weighted by Crippen LogP contribution is 2.30. The minimum absolute atomic E-state index is 0.0630. The van der Waals surface area contributed by atoms with Crippen LogP contribution in [0.3, 0.4) is 0 Å². The molecule has 3 rings (SSSR count). The van der Waals surface area contributed by atoms with Gasteiger partial charge in [-0.25, -0.2) is 13.1 Å². The predicted molar refractivity (Wildman–Crippen MR) is 112 cm³/mol. The summed E-state index contributed by atoms with van der Waals surface area (Å²) in [5.41, 5.74) is 2.80. The van der Waals surface area contributed by atoms with E-state index in [2.05, 4.69) is 9.62 Å². The zero-order valence-electron chi connectivity index (χ0n) is 16.4. The number of nitrogens with zero attached hydrogens (tertiary/aromatic N) is 2. The Morgan fingerprint density at radius 1 is 1.14 bits per heavy atom. The maximum Gasteiger partial charge on any atom is 0.240 e. The fourth-order valence-corrected chi connectivity index (χ4v) is 4.57. The molecule has 0 radical (unpaired) electrons. The Labute approximate surface area is 167 Å². The van der Waals surface area contributed by atoms with Crippen LogP contribution in [0.15, 0.2) is 53.4 Å². The van der Waals surface area contributed by atoms with Crippen LogP contribution in [0.2, 0.25) is 0 Å². The quantitative estimate of drug-likeness (QED) is 0.738. The van der Waals surface area contributed by atoms with Crippen LogP contribution in [-0.4, -0.2) is 40.5 Å². The van der Waals surface area contributed by atoms with Gasteiger partial charge in [-0.05, 0) is 49.2 Å². The molecular formula is C21H27N3O3S. The largest absolute Gasteiger partial charge is 0.370 e. The van der Waals surface area contributed by atoms with Crippen molar-refractivity contribution >= 4 is 27.3 Å². The Bertz CT molecular complexity index is 929. The SMILES string of the molecule is CCC(=O)N1CCc2cc(S(=O)(=O)NCCN(CC)c3ccccc3)ccc21. The van der Waals surface area contributed by atoms with Gasteiger partial charge >= 0.3 is 0 Å². The molecule has 1 heterocycles. The monoisotopic (exact) mass is 401 g/mol. The van der Waals surface area contributed by atoms with Gasteiger partial charge in [0.15, 0.2) is 0 Å². The molecule has 7 heteroatoms. The van der Waals surface area contributed by atoms with E-state index in [1.54, 1.807) is 23.1 Å².